The Hall–Kier alpha value is -1.23. The van der Waals surface area contributed by atoms with Gasteiger partial charge in [-0.1, -0.05) is 0 Å². The van der Waals surface area contributed by atoms with Crippen molar-refractivity contribution in [2.24, 2.45) is 0 Å². The molecule has 0 bridgehead atoms. The van der Waals surface area contributed by atoms with Gasteiger partial charge in [-0.3, -0.25) is 14.4 Å². The third-order valence-electron chi connectivity index (χ3n) is 1.34. The van der Waals surface area contributed by atoms with E-state index in [1.165, 1.54) is 14.0 Å². The Bertz CT molecular complexity index is 221. The van der Waals surface area contributed by atoms with Crippen molar-refractivity contribution in [3.05, 3.63) is 0 Å². The number of Topliss-reactive ketones (excluding diaryl/α,β-unsaturated/α-hetero) is 2. The lowest BCUT2D eigenvalue weighted by Crippen LogP contribution is -2.15. The van der Waals surface area contributed by atoms with Gasteiger partial charge in [0.15, 0.2) is 5.78 Å². The quantitative estimate of drug-likeness (QED) is 0.333. The number of carbonyl (C=O) groups excluding carboxylic acids is 3. The van der Waals surface area contributed by atoms with E-state index in [9.17, 15) is 14.4 Å². The lowest BCUT2D eigenvalue weighted by molar-refractivity contribution is -0.147. The first kappa shape index (κ1) is 12.8. The molecule has 0 aliphatic carbocycles. The molecule has 0 aliphatic heterocycles. The van der Waals surface area contributed by atoms with Crippen LogP contribution in [0.15, 0.2) is 0 Å². The molecule has 0 rings (SSSR count). The van der Waals surface area contributed by atoms with Crippen LogP contribution in [0, 0.1) is 0 Å². The van der Waals surface area contributed by atoms with E-state index in [0.717, 1.165) is 0 Å². The molecule has 0 saturated heterocycles. The van der Waals surface area contributed by atoms with Crippen LogP contribution in [0.3, 0.4) is 0 Å². The molecule has 5 heteroatoms. The second-order valence-electron chi connectivity index (χ2n) is 2.81. The number of hydrogen-bond acceptors (Lipinski definition) is 5. The predicted octanol–water partition coefficient (Wildman–Crippen LogP) is 0.114. The molecule has 0 N–H and O–H groups in total. The summed E-state index contributed by atoms with van der Waals surface area (Å²) in [6.07, 6.45) is -0.553. The van der Waals surface area contributed by atoms with Crippen LogP contribution in [-0.2, 0) is 23.9 Å². The van der Waals surface area contributed by atoms with Crippen molar-refractivity contribution in [1.29, 1.82) is 0 Å². The van der Waals surface area contributed by atoms with Gasteiger partial charge in [-0.25, -0.2) is 0 Å². The van der Waals surface area contributed by atoms with Crippen LogP contribution in [-0.4, -0.2) is 37.9 Å². The van der Waals surface area contributed by atoms with Crippen molar-refractivity contribution in [3.63, 3.8) is 0 Å². The molecule has 0 aromatic rings. The summed E-state index contributed by atoms with van der Waals surface area (Å²) in [5.41, 5.74) is 0. The second kappa shape index (κ2) is 7.20. The number of esters is 1. The molecule has 0 aromatic carbocycles. The van der Waals surface area contributed by atoms with Crippen molar-refractivity contribution >= 4 is 17.5 Å². The number of ketones is 2. The Morgan fingerprint density at radius 1 is 1.07 bits per heavy atom. The molecule has 0 aliphatic rings. The smallest absolute Gasteiger partial charge is 0.313 e. The van der Waals surface area contributed by atoms with Crippen LogP contribution < -0.4 is 0 Å². The monoisotopic (exact) mass is 202 g/mol. The van der Waals surface area contributed by atoms with Crippen molar-refractivity contribution in [3.8, 4) is 0 Å². The molecule has 0 spiro atoms. The SMILES string of the molecule is COCCOC(=O)CC(=O)CC(C)=O. The molecular formula is C9H14O5. The van der Waals surface area contributed by atoms with Gasteiger partial charge in [-0.15, -0.1) is 0 Å². The Morgan fingerprint density at radius 2 is 1.71 bits per heavy atom. The lowest BCUT2D eigenvalue weighted by atomic mass is 10.2. The van der Waals surface area contributed by atoms with Gasteiger partial charge in [-0.2, -0.15) is 0 Å². The second-order valence-corrected chi connectivity index (χ2v) is 2.81. The topological polar surface area (TPSA) is 69.7 Å². The van der Waals surface area contributed by atoms with Gasteiger partial charge in [0.25, 0.3) is 0 Å². The van der Waals surface area contributed by atoms with E-state index in [4.69, 9.17) is 0 Å². The van der Waals surface area contributed by atoms with Crippen LogP contribution in [0.4, 0.5) is 0 Å². The zero-order valence-electron chi connectivity index (χ0n) is 8.37. The largest absolute Gasteiger partial charge is 0.463 e. The first-order valence-corrected chi connectivity index (χ1v) is 4.22. The third-order valence-corrected chi connectivity index (χ3v) is 1.34. The average Bonchev–Trinajstić information content (AvgIpc) is 2.02. The number of carbonyl (C=O) groups is 3. The van der Waals surface area contributed by atoms with Gasteiger partial charge < -0.3 is 9.47 Å². The number of hydrogen-bond donors (Lipinski definition) is 0. The summed E-state index contributed by atoms with van der Waals surface area (Å²) in [5, 5.41) is 0. The van der Waals surface area contributed by atoms with Crippen LogP contribution in [0.2, 0.25) is 0 Å². The van der Waals surface area contributed by atoms with Crippen LogP contribution in [0.5, 0.6) is 0 Å². The summed E-state index contributed by atoms with van der Waals surface area (Å²) >= 11 is 0. The molecule has 0 atom stereocenters. The maximum Gasteiger partial charge on any atom is 0.313 e. The summed E-state index contributed by atoms with van der Waals surface area (Å²) in [6, 6.07) is 0. The minimum Gasteiger partial charge on any atom is -0.463 e. The highest BCUT2D eigenvalue weighted by molar-refractivity contribution is 6.04. The van der Waals surface area contributed by atoms with E-state index in [1.807, 2.05) is 0 Å². The highest BCUT2D eigenvalue weighted by Crippen LogP contribution is 1.94. The van der Waals surface area contributed by atoms with E-state index < -0.39 is 11.8 Å². The summed E-state index contributed by atoms with van der Waals surface area (Å²) in [4.78, 5) is 32.3. The molecule has 14 heavy (non-hydrogen) atoms. The summed E-state index contributed by atoms with van der Waals surface area (Å²) < 4.78 is 9.28. The van der Waals surface area contributed by atoms with Crippen LogP contribution in [0.1, 0.15) is 19.8 Å². The molecule has 5 nitrogen and oxygen atoms in total. The summed E-state index contributed by atoms with van der Waals surface area (Å²) in [5.74, 6) is -1.28. The predicted molar refractivity (Wildman–Crippen MR) is 47.8 cm³/mol. The van der Waals surface area contributed by atoms with Crippen molar-refractivity contribution in [2.75, 3.05) is 20.3 Å². The minimum atomic E-state index is -0.617. The zero-order valence-corrected chi connectivity index (χ0v) is 8.37. The van der Waals surface area contributed by atoms with Crippen molar-refractivity contribution in [1.82, 2.24) is 0 Å². The number of ether oxygens (including phenoxy) is 2. The Kier molecular flexibility index (Phi) is 6.57. The molecule has 0 fully saturated rings. The molecular weight excluding hydrogens is 188 g/mol. The lowest BCUT2D eigenvalue weighted by Gasteiger charge is -2.02. The normalized spacial score (nSPS) is 9.57. The van der Waals surface area contributed by atoms with E-state index in [-0.39, 0.29) is 25.2 Å². The summed E-state index contributed by atoms with van der Waals surface area (Å²) in [7, 11) is 1.48. The molecule has 80 valence electrons. The molecule has 0 heterocycles. The molecule has 0 amide bonds. The average molecular weight is 202 g/mol. The fourth-order valence-corrected chi connectivity index (χ4v) is 0.791. The van der Waals surface area contributed by atoms with Crippen molar-refractivity contribution < 1.29 is 23.9 Å². The maximum absolute atomic E-state index is 10.9. The van der Waals surface area contributed by atoms with E-state index >= 15 is 0 Å². The Labute approximate surface area is 82.4 Å². The molecule has 0 radical (unpaired) electrons. The van der Waals surface area contributed by atoms with E-state index in [1.54, 1.807) is 0 Å². The Balaban J connectivity index is 3.61. The fourth-order valence-electron chi connectivity index (χ4n) is 0.791. The molecule has 0 aromatic heterocycles. The number of rotatable bonds is 7. The highest BCUT2D eigenvalue weighted by atomic mass is 16.6. The molecule has 0 saturated carbocycles. The first-order valence-electron chi connectivity index (χ1n) is 4.22. The first-order chi connectivity index (χ1) is 6.56. The number of methoxy groups -OCH3 is 1. The third kappa shape index (κ3) is 7.42. The van der Waals surface area contributed by atoms with Crippen LogP contribution >= 0.6 is 0 Å². The zero-order chi connectivity index (χ0) is 11.0. The van der Waals surface area contributed by atoms with Gasteiger partial charge in [0.2, 0.25) is 0 Å². The van der Waals surface area contributed by atoms with Crippen molar-refractivity contribution in [2.45, 2.75) is 19.8 Å². The molecule has 0 unspecified atom stereocenters. The van der Waals surface area contributed by atoms with Gasteiger partial charge in [-0.05, 0) is 6.92 Å². The summed E-state index contributed by atoms with van der Waals surface area (Å²) in [6.45, 7) is 1.73. The van der Waals surface area contributed by atoms with Crippen LogP contribution in [0.25, 0.3) is 0 Å². The van der Waals surface area contributed by atoms with Gasteiger partial charge in [0.1, 0.15) is 18.8 Å². The van der Waals surface area contributed by atoms with Gasteiger partial charge in [0, 0.05) is 7.11 Å². The Morgan fingerprint density at radius 3 is 2.21 bits per heavy atom. The standard InChI is InChI=1S/C9H14O5/c1-7(10)5-8(11)6-9(12)14-4-3-13-2/h3-6H2,1-2H3. The minimum absolute atomic E-state index is 0.128. The van der Waals surface area contributed by atoms with E-state index in [2.05, 4.69) is 9.47 Å². The maximum atomic E-state index is 10.9. The van der Waals surface area contributed by atoms with Gasteiger partial charge >= 0.3 is 5.97 Å². The fraction of sp³-hybridized carbons (Fsp3) is 0.667. The van der Waals surface area contributed by atoms with Gasteiger partial charge in [0.05, 0.1) is 13.0 Å². The highest BCUT2D eigenvalue weighted by Gasteiger charge is 2.12. The van der Waals surface area contributed by atoms with E-state index in [0.29, 0.717) is 6.61 Å².